The molecule has 1 heterocycles. The van der Waals surface area contributed by atoms with Crippen molar-refractivity contribution in [1.29, 1.82) is 0 Å². The maximum atomic E-state index is 4.13. The van der Waals surface area contributed by atoms with E-state index in [1.54, 1.807) is 0 Å². The molecular weight excluding hydrogens is 629 g/mol. The SMILES string of the molecule is C=C/C(C)=C(C=C)/C(/C=C/Nc1ccc(-c2ccc3c4ccccc4n(-c4ccccc4)c3c2)cc1)=C(C)/C=C\c1ccc(-c2ccccc2)cc1. The minimum Gasteiger partial charge on any atom is -0.362 e. The van der Waals surface area contributed by atoms with Crippen LogP contribution in [0.1, 0.15) is 19.4 Å². The molecule has 7 rings (SSSR count). The maximum Gasteiger partial charge on any atom is 0.0547 e. The second-order valence-electron chi connectivity index (χ2n) is 12.9. The molecule has 1 aromatic heterocycles. The van der Waals surface area contributed by atoms with Gasteiger partial charge in [0.15, 0.2) is 0 Å². The summed E-state index contributed by atoms with van der Waals surface area (Å²) in [6.45, 7) is 12.4. The van der Waals surface area contributed by atoms with Crippen molar-refractivity contribution >= 4 is 33.6 Å². The second kappa shape index (κ2) is 15.5. The summed E-state index contributed by atoms with van der Waals surface area (Å²) < 4.78 is 2.36. The molecule has 252 valence electrons. The summed E-state index contributed by atoms with van der Waals surface area (Å²) >= 11 is 0. The first-order chi connectivity index (χ1) is 25.5. The van der Waals surface area contributed by atoms with Gasteiger partial charge in [0.2, 0.25) is 0 Å². The highest BCUT2D eigenvalue weighted by molar-refractivity contribution is 6.10. The standard InChI is InChI=1S/C50H42N2/c1-5-36(3)45(6-2)46(37(4)21-22-38-23-25-40(26-24-38)39-15-9-7-10-16-39)33-34-51-43-30-27-41(28-31-43)42-29-32-48-47-19-13-14-20-49(47)52(50(48)35-42)44-17-11-8-12-18-44/h5-35,51H,1-2H2,3-4H3/b22-21-,34-33+,45-36+,46-37+. The Bertz CT molecular complexity index is 2490. The van der Waals surface area contributed by atoms with Crippen LogP contribution in [0.4, 0.5) is 5.69 Å². The molecular formula is C50H42N2. The third kappa shape index (κ3) is 7.14. The van der Waals surface area contributed by atoms with Crippen molar-refractivity contribution < 1.29 is 0 Å². The number of hydrogen-bond acceptors (Lipinski definition) is 1. The zero-order valence-corrected chi connectivity index (χ0v) is 29.8. The Labute approximate surface area is 307 Å². The molecule has 1 N–H and O–H groups in total. The summed E-state index contributed by atoms with van der Waals surface area (Å²) in [5.74, 6) is 0. The Morgan fingerprint density at radius 3 is 1.83 bits per heavy atom. The van der Waals surface area contributed by atoms with E-state index in [4.69, 9.17) is 0 Å². The monoisotopic (exact) mass is 670 g/mol. The van der Waals surface area contributed by atoms with Crippen LogP contribution >= 0.6 is 0 Å². The molecule has 0 atom stereocenters. The van der Waals surface area contributed by atoms with Crippen LogP contribution < -0.4 is 5.32 Å². The summed E-state index contributed by atoms with van der Waals surface area (Å²) in [7, 11) is 0. The van der Waals surface area contributed by atoms with E-state index in [0.717, 1.165) is 44.8 Å². The lowest BCUT2D eigenvalue weighted by Gasteiger charge is -2.11. The summed E-state index contributed by atoms with van der Waals surface area (Å²) in [5.41, 5.74) is 14.8. The molecule has 0 amide bonds. The molecule has 2 nitrogen and oxygen atoms in total. The van der Waals surface area contributed by atoms with Gasteiger partial charge in [0.1, 0.15) is 0 Å². The molecule has 0 unspecified atom stereocenters. The third-order valence-corrected chi connectivity index (χ3v) is 9.60. The van der Waals surface area contributed by atoms with Gasteiger partial charge in [-0.3, -0.25) is 0 Å². The average Bonchev–Trinajstić information content (AvgIpc) is 3.54. The Kier molecular flexibility index (Phi) is 10.1. The number of nitrogens with one attached hydrogen (secondary N) is 1. The molecule has 2 heteroatoms. The van der Waals surface area contributed by atoms with Crippen molar-refractivity contribution in [2.45, 2.75) is 13.8 Å². The van der Waals surface area contributed by atoms with Crippen LogP contribution in [-0.2, 0) is 0 Å². The van der Waals surface area contributed by atoms with Crippen LogP contribution in [0.3, 0.4) is 0 Å². The van der Waals surface area contributed by atoms with E-state index in [2.05, 4.69) is 201 Å². The van der Waals surface area contributed by atoms with Gasteiger partial charge >= 0.3 is 0 Å². The predicted molar refractivity (Wildman–Crippen MR) is 226 cm³/mol. The van der Waals surface area contributed by atoms with Crippen molar-refractivity contribution in [3.63, 3.8) is 0 Å². The van der Waals surface area contributed by atoms with Crippen molar-refractivity contribution in [2.24, 2.45) is 0 Å². The summed E-state index contributed by atoms with van der Waals surface area (Å²) in [5, 5.41) is 6.00. The fraction of sp³-hybridized carbons (Fsp3) is 0.0400. The number of fused-ring (bicyclic) bond motifs is 3. The minimum atomic E-state index is 1.01. The van der Waals surface area contributed by atoms with Gasteiger partial charge in [-0.15, -0.1) is 0 Å². The van der Waals surface area contributed by atoms with Gasteiger partial charge in [-0.25, -0.2) is 0 Å². The van der Waals surface area contributed by atoms with Crippen LogP contribution in [-0.4, -0.2) is 4.57 Å². The topological polar surface area (TPSA) is 17.0 Å². The molecule has 0 bridgehead atoms. The number of rotatable bonds is 11. The van der Waals surface area contributed by atoms with Gasteiger partial charge in [-0.2, -0.15) is 0 Å². The van der Waals surface area contributed by atoms with Crippen LogP contribution in [0.25, 0.3) is 55.8 Å². The minimum absolute atomic E-state index is 1.01. The Morgan fingerprint density at radius 1 is 0.519 bits per heavy atom. The number of aromatic nitrogens is 1. The molecule has 0 aliphatic carbocycles. The Morgan fingerprint density at radius 2 is 1.12 bits per heavy atom. The highest BCUT2D eigenvalue weighted by atomic mass is 15.0. The second-order valence-corrected chi connectivity index (χ2v) is 12.9. The maximum absolute atomic E-state index is 4.13. The van der Waals surface area contributed by atoms with Crippen molar-refractivity contribution in [3.05, 3.63) is 223 Å². The molecule has 0 fully saturated rings. The lowest BCUT2D eigenvalue weighted by Crippen LogP contribution is -1.94. The summed E-state index contributed by atoms with van der Waals surface area (Å²) in [6, 6.07) is 53.7. The van der Waals surface area contributed by atoms with Gasteiger partial charge in [0.25, 0.3) is 0 Å². The summed E-state index contributed by atoms with van der Waals surface area (Å²) in [6.07, 6.45) is 12.2. The highest BCUT2D eigenvalue weighted by Gasteiger charge is 2.13. The van der Waals surface area contributed by atoms with Gasteiger partial charge in [-0.1, -0.05) is 153 Å². The van der Waals surface area contributed by atoms with E-state index < -0.39 is 0 Å². The van der Waals surface area contributed by atoms with Crippen molar-refractivity contribution in [3.8, 4) is 27.9 Å². The van der Waals surface area contributed by atoms with Crippen molar-refractivity contribution in [1.82, 2.24) is 4.57 Å². The largest absolute Gasteiger partial charge is 0.362 e. The molecule has 0 saturated carbocycles. The third-order valence-electron chi connectivity index (χ3n) is 9.60. The number of hydrogen-bond donors (Lipinski definition) is 1. The van der Waals surface area contributed by atoms with Crippen molar-refractivity contribution in [2.75, 3.05) is 5.32 Å². The zero-order chi connectivity index (χ0) is 35.9. The van der Waals surface area contributed by atoms with E-state index in [1.165, 1.54) is 38.5 Å². The predicted octanol–water partition coefficient (Wildman–Crippen LogP) is 13.8. The van der Waals surface area contributed by atoms with Crippen LogP contribution in [0.15, 0.2) is 218 Å². The number of anilines is 1. The first kappa shape index (κ1) is 33.8. The average molecular weight is 671 g/mol. The van der Waals surface area contributed by atoms with Gasteiger partial charge in [-0.05, 0) is 106 Å². The zero-order valence-electron chi connectivity index (χ0n) is 29.8. The lowest BCUT2D eigenvalue weighted by atomic mass is 9.95. The van der Waals surface area contributed by atoms with Gasteiger partial charge in [0, 0.05) is 28.3 Å². The van der Waals surface area contributed by atoms with E-state index in [-0.39, 0.29) is 0 Å². The van der Waals surface area contributed by atoms with Gasteiger partial charge in [0.05, 0.1) is 11.0 Å². The highest BCUT2D eigenvalue weighted by Crippen LogP contribution is 2.35. The number of benzene rings is 6. The Hall–Kier alpha value is -6.64. The number of nitrogens with zero attached hydrogens (tertiary/aromatic N) is 1. The van der Waals surface area contributed by atoms with E-state index in [1.807, 2.05) is 24.4 Å². The molecule has 0 aliphatic rings. The van der Waals surface area contributed by atoms with Crippen LogP contribution in [0, 0.1) is 0 Å². The molecule has 0 saturated heterocycles. The first-order valence-electron chi connectivity index (χ1n) is 17.7. The quantitative estimate of drug-likeness (QED) is 0.136. The molecule has 7 aromatic rings. The molecule has 0 aliphatic heterocycles. The molecule has 6 aromatic carbocycles. The molecule has 52 heavy (non-hydrogen) atoms. The number of allylic oxidation sites excluding steroid dienone is 8. The van der Waals surface area contributed by atoms with Gasteiger partial charge < -0.3 is 9.88 Å². The Balaban J connectivity index is 1.13. The van der Waals surface area contributed by atoms with Crippen LogP contribution in [0.2, 0.25) is 0 Å². The fourth-order valence-corrected chi connectivity index (χ4v) is 6.74. The number of para-hydroxylation sites is 2. The summed E-state index contributed by atoms with van der Waals surface area (Å²) in [4.78, 5) is 0. The first-order valence-corrected chi connectivity index (χ1v) is 17.7. The molecule has 0 spiro atoms. The lowest BCUT2D eigenvalue weighted by molar-refractivity contribution is 1.18. The molecule has 0 radical (unpaired) electrons. The smallest absolute Gasteiger partial charge is 0.0547 e. The van der Waals surface area contributed by atoms with E-state index >= 15 is 0 Å². The van der Waals surface area contributed by atoms with E-state index in [9.17, 15) is 0 Å². The van der Waals surface area contributed by atoms with E-state index in [0.29, 0.717) is 0 Å². The van der Waals surface area contributed by atoms with Crippen LogP contribution in [0.5, 0.6) is 0 Å². The fourth-order valence-electron chi connectivity index (χ4n) is 6.74. The normalized spacial score (nSPS) is 12.7.